The minimum Gasteiger partial charge on any atom is -0.489 e. The van der Waals surface area contributed by atoms with E-state index in [4.69, 9.17) is 9.15 Å². The lowest BCUT2D eigenvalue weighted by Crippen LogP contribution is -2.36. The molecule has 1 aromatic carbocycles. The second-order valence-electron chi connectivity index (χ2n) is 6.50. The zero-order valence-corrected chi connectivity index (χ0v) is 14.6. The zero-order valence-electron chi connectivity index (χ0n) is 14.6. The Labute approximate surface area is 151 Å². The summed E-state index contributed by atoms with van der Waals surface area (Å²) in [6.45, 7) is 4.00. The number of aryl methyl sites for hydroxylation is 1. The van der Waals surface area contributed by atoms with Crippen molar-refractivity contribution in [2.75, 3.05) is 13.1 Å². The second-order valence-corrected chi connectivity index (χ2v) is 6.50. The van der Waals surface area contributed by atoms with E-state index in [2.05, 4.69) is 15.6 Å². The van der Waals surface area contributed by atoms with Gasteiger partial charge in [-0.05, 0) is 55.8 Å². The average Bonchev–Trinajstić information content (AvgIpc) is 3.27. The van der Waals surface area contributed by atoms with Crippen LogP contribution in [0.25, 0.3) is 11.0 Å². The molecule has 1 fully saturated rings. The summed E-state index contributed by atoms with van der Waals surface area (Å²) in [6.07, 6.45) is 4.42. The van der Waals surface area contributed by atoms with Crippen molar-refractivity contribution < 1.29 is 13.9 Å². The van der Waals surface area contributed by atoms with Gasteiger partial charge in [-0.25, -0.2) is 0 Å². The maximum Gasteiger partial charge on any atom is 0.255 e. The second kappa shape index (κ2) is 7.17. The molecule has 4 rings (SSSR count). The van der Waals surface area contributed by atoms with Gasteiger partial charge >= 0.3 is 0 Å². The van der Waals surface area contributed by atoms with Crippen molar-refractivity contribution in [2.24, 2.45) is 0 Å². The Morgan fingerprint density at radius 2 is 2.19 bits per heavy atom. The molecule has 0 radical (unpaired) electrons. The Morgan fingerprint density at radius 1 is 1.35 bits per heavy atom. The smallest absolute Gasteiger partial charge is 0.255 e. The molecule has 0 bridgehead atoms. The van der Waals surface area contributed by atoms with Crippen LogP contribution in [0.3, 0.4) is 0 Å². The van der Waals surface area contributed by atoms with Gasteiger partial charge in [0.2, 0.25) is 0 Å². The van der Waals surface area contributed by atoms with Crippen LogP contribution in [0.1, 0.15) is 28.1 Å². The fraction of sp³-hybridized carbons (Fsp3) is 0.300. The Kier molecular flexibility index (Phi) is 4.58. The Hall–Kier alpha value is -2.86. The molecule has 0 unspecified atom stereocenters. The maximum absolute atomic E-state index is 12.7. The number of nitrogens with one attached hydrogen (secondary N) is 2. The number of pyridine rings is 1. The standard InChI is InChI=1S/C20H21N3O3/c1-13-19(20(24)23-15-6-9-22-11-15)17-10-16(2-3-18(17)26-13)25-12-14-4-7-21-8-5-14/h2-5,7-8,10,15,22H,6,9,11-12H2,1H3,(H,23,24)/t15-/m0/s1. The molecule has 0 aliphatic carbocycles. The molecular formula is C20H21N3O3. The van der Waals surface area contributed by atoms with Crippen LogP contribution in [0.2, 0.25) is 0 Å². The molecule has 0 saturated carbocycles. The highest BCUT2D eigenvalue weighted by Gasteiger charge is 2.23. The number of furan rings is 1. The van der Waals surface area contributed by atoms with Crippen molar-refractivity contribution in [1.82, 2.24) is 15.6 Å². The van der Waals surface area contributed by atoms with Crippen LogP contribution in [-0.2, 0) is 6.61 Å². The first-order valence-electron chi connectivity index (χ1n) is 8.77. The third-order valence-corrected chi connectivity index (χ3v) is 4.61. The maximum atomic E-state index is 12.7. The van der Waals surface area contributed by atoms with E-state index in [-0.39, 0.29) is 11.9 Å². The van der Waals surface area contributed by atoms with Crippen molar-refractivity contribution in [2.45, 2.75) is 26.0 Å². The van der Waals surface area contributed by atoms with Gasteiger partial charge in [-0.15, -0.1) is 0 Å². The molecule has 2 N–H and O–H groups in total. The number of ether oxygens (including phenoxy) is 1. The van der Waals surface area contributed by atoms with E-state index >= 15 is 0 Å². The normalized spacial score (nSPS) is 16.7. The number of hydrogen-bond acceptors (Lipinski definition) is 5. The summed E-state index contributed by atoms with van der Waals surface area (Å²) in [4.78, 5) is 16.7. The van der Waals surface area contributed by atoms with Crippen LogP contribution >= 0.6 is 0 Å². The first kappa shape index (κ1) is 16.6. The van der Waals surface area contributed by atoms with Gasteiger partial charge in [-0.1, -0.05) is 0 Å². The summed E-state index contributed by atoms with van der Waals surface area (Å²) in [5.41, 5.74) is 2.31. The topological polar surface area (TPSA) is 76.4 Å². The van der Waals surface area contributed by atoms with Crippen LogP contribution < -0.4 is 15.4 Å². The number of nitrogens with zero attached hydrogens (tertiary/aromatic N) is 1. The molecule has 1 aliphatic rings. The van der Waals surface area contributed by atoms with Crippen molar-refractivity contribution in [3.05, 3.63) is 59.6 Å². The lowest BCUT2D eigenvalue weighted by molar-refractivity contribution is 0.0940. The SMILES string of the molecule is Cc1oc2ccc(OCc3ccncc3)cc2c1C(=O)N[C@H]1CCNC1. The van der Waals surface area contributed by atoms with Crippen LogP contribution in [0.4, 0.5) is 0 Å². The van der Waals surface area contributed by atoms with E-state index in [1.807, 2.05) is 37.3 Å². The van der Waals surface area contributed by atoms with E-state index in [0.29, 0.717) is 29.3 Å². The van der Waals surface area contributed by atoms with Gasteiger partial charge < -0.3 is 19.8 Å². The van der Waals surface area contributed by atoms with Crippen LogP contribution in [0.5, 0.6) is 5.75 Å². The minimum absolute atomic E-state index is 0.0961. The number of fused-ring (bicyclic) bond motifs is 1. The molecule has 134 valence electrons. The van der Waals surface area contributed by atoms with E-state index in [9.17, 15) is 4.79 Å². The lowest BCUT2D eigenvalue weighted by atomic mass is 10.1. The summed E-state index contributed by atoms with van der Waals surface area (Å²) in [6, 6.07) is 9.56. The Balaban J connectivity index is 1.57. The van der Waals surface area contributed by atoms with Crippen molar-refractivity contribution in [1.29, 1.82) is 0 Å². The zero-order chi connectivity index (χ0) is 17.9. The molecule has 6 heteroatoms. The number of amides is 1. The average molecular weight is 351 g/mol. The van der Waals surface area contributed by atoms with Crippen molar-refractivity contribution in [3.63, 3.8) is 0 Å². The van der Waals surface area contributed by atoms with Crippen LogP contribution in [-0.4, -0.2) is 30.0 Å². The van der Waals surface area contributed by atoms with E-state index < -0.39 is 0 Å². The Morgan fingerprint density at radius 3 is 2.96 bits per heavy atom. The van der Waals surface area contributed by atoms with Crippen LogP contribution in [0.15, 0.2) is 47.1 Å². The van der Waals surface area contributed by atoms with Gasteiger partial charge in [0.1, 0.15) is 23.7 Å². The largest absolute Gasteiger partial charge is 0.489 e. The van der Waals surface area contributed by atoms with Crippen molar-refractivity contribution in [3.8, 4) is 5.75 Å². The number of hydrogen-bond donors (Lipinski definition) is 2. The van der Waals surface area contributed by atoms with E-state index in [1.54, 1.807) is 12.4 Å². The predicted molar refractivity (Wildman–Crippen MR) is 98.3 cm³/mol. The van der Waals surface area contributed by atoms with E-state index in [1.165, 1.54) is 0 Å². The summed E-state index contributed by atoms with van der Waals surface area (Å²) >= 11 is 0. The quantitative estimate of drug-likeness (QED) is 0.739. The summed E-state index contributed by atoms with van der Waals surface area (Å²) < 4.78 is 11.6. The van der Waals surface area contributed by atoms with Gasteiger partial charge in [0.05, 0.1) is 5.56 Å². The van der Waals surface area contributed by atoms with Crippen LogP contribution in [0, 0.1) is 6.92 Å². The molecule has 6 nitrogen and oxygen atoms in total. The number of rotatable bonds is 5. The first-order valence-corrected chi connectivity index (χ1v) is 8.77. The summed E-state index contributed by atoms with van der Waals surface area (Å²) in [7, 11) is 0. The molecule has 3 aromatic rings. The van der Waals surface area contributed by atoms with E-state index in [0.717, 1.165) is 30.5 Å². The lowest BCUT2D eigenvalue weighted by Gasteiger charge is -2.11. The molecule has 1 aliphatic heterocycles. The van der Waals surface area contributed by atoms with Gasteiger partial charge in [0, 0.05) is 30.4 Å². The molecule has 1 saturated heterocycles. The Bertz CT molecular complexity index is 915. The highest BCUT2D eigenvalue weighted by atomic mass is 16.5. The van der Waals surface area contributed by atoms with Gasteiger partial charge in [0.25, 0.3) is 5.91 Å². The molecule has 3 heterocycles. The number of carbonyl (C=O) groups excluding carboxylic acids is 1. The van der Waals surface area contributed by atoms with Crippen molar-refractivity contribution >= 4 is 16.9 Å². The molecule has 2 aromatic heterocycles. The number of carbonyl (C=O) groups is 1. The molecule has 0 spiro atoms. The fourth-order valence-electron chi connectivity index (χ4n) is 3.25. The third kappa shape index (κ3) is 3.41. The highest BCUT2D eigenvalue weighted by Crippen LogP contribution is 2.29. The molecule has 1 amide bonds. The molecule has 26 heavy (non-hydrogen) atoms. The first-order chi connectivity index (χ1) is 12.7. The van der Waals surface area contributed by atoms with Gasteiger partial charge in [-0.2, -0.15) is 0 Å². The highest BCUT2D eigenvalue weighted by molar-refractivity contribution is 6.07. The molecular weight excluding hydrogens is 330 g/mol. The van der Waals surface area contributed by atoms with Gasteiger partial charge in [-0.3, -0.25) is 9.78 Å². The summed E-state index contributed by atoms with van der Waals surface area (Å²) in [5.74, 6) is 1.22. The number of benzene rings is 1. The van der Waals surface area contributed by atoms with Gasteiger partial charge in [0.15, 0.2) is 0 Å². The minimum atomic E-state index is -0.0961. The molecule has 1 atom stereocenters. The fourth-order valence-corrected chi connectivity index (χ4v) is 3.25. The predicted octanol–water partition coefficient (Wildman–Crippen LogP) is 2.81. The third-order valence-electron chi connectivity index (χ3n) is 4.61. The summed E-state index contributed by atoms with van der Waals surface area (Å²) in [5, 5.41) is 7.11. The monoisotopic (exact) mass is 351 g/mol. The number of aromatic nitrogens is 1.